The number of hydrogen-bond donors (Lipinski definition) is 0. The Morgan fingerprint density at radius 2 is 2.33 bits per heavy atom. The smallest absolute Gasteiger partial charge is 0.0338 e. The van der Waals surface area contributed by atoms with Crippen molar-refractivity contribution in [3.8, 4) is 0 Å². The Hall–Kier alpha value is -0.850. The Bertz CT molecular complexity index is 175. The second-order valence-electron chi connectivity index (χ2n) is 2.33. The van der Waals surface area contributed by atoms with Crippen molar-refractivity contribution >= 4 is 6.21 Å². The minimum atomic E-state index is 0.535. The fraction of sp³-hybridized carbons (Fsp3) is 0.375. The summed E-state index contributed by atoms with van der Waals surface area (Å²) in [5.41, 5.74) is 1.10. The number of aliphatic imine (C=N–C) groups is 1. The Labute approximate surface area is 55.8 Å². The molecule has 0 fully saturated rings. The molecule has 0 saturated heterocycles. The van der Waals surface area contributed by atoms with E-state index in [1.54, 1.807) is 0 Å². The third kappa shape index (κ3) is 1.84. The van der Waals surface area contributed by atoms with Crippen molar-refractivity contribution in [2.75, 3.05) is 0 Å². The molecule has 0 aromatic carbocycles. The maximum absolute atomic E-state index is 4.12. The number of nitrogens with zero attached hydrogens (tertiary/aromatic N) is 1. The lowest BCUT2D eigenvalue weighted by molar-refractivity contribution is 0.927. The third-order valence-corrected chi connectivity index (χ3v) is 1.28. The molecule has 0 aromatic heterocycles. The van der Waals surface area contributed by atoms with Gasteiger partial charge in [0.15, 0.2) is 0 Å². The normalized spacial score (nSPS) is 25.6. The van der Waals surface area contributed by atoms with Gasteiger partial charge >= 0.3 is 0 Å². The molecule has 9 heavy (non-hydrogen) atoms. The van der Waals surface area contributed by atoms with E-state index < -0.39 is 0 Å². The van der Waals surface area contributed by atoms with Gasteiger partial charge in [0.1, 0.15) is 0 Å². The molecule has 1 heterocycles. The van der Waals surface area contributed by atoms with Crippen molar-refractivity contribution in [3.05, 3.63) is 23.9 Å². The van der Waals surface area contributed by atoms with E-state index in [0.29, 0.717) is 5.92 Å². The minimum Gasteiger partial charge on any atom is -0.262 e. The van der Waals surface area contributed by atoms with Gasteiger partial charge in [-0.05, 0) is 18.9 Å². The van der Waals surface area contributed by atoms with Gasteiger partial charge in [-0.15, -0.1) is 0 Å². The van der Waals surface area contributed by atoms with Crippen LogP contribution in [0.1, 0.15) is 13.8 Å². The first kappa shape index (κ1) is 6.27. The SMILES string of the molecule is CC1=C[C@H](C)C=CC=N1. The van der Waals surface area contributed by atoms with Gasteiger partial charge in [0.05, 0.1) is 0 Å². The van der Waals surface area contributed by atoms with Crippen molar-refractivity contribution in [1.82, 2.24) is 0 Å². The quantitative estimate of drug-likeness (QED) is 0.465. The highest BCUT2D eigenvalue weighted by Crippen LogP contribution is 2.07. The van der Waals surface area contributed by atoms with Crippen molar-refractivity contribution in [2.45, 2.75) is 13.8 Å². The van der Waals surface area contributed by atoms with Gasteiger partial charge in [-0.2, -0.15) is 0 Å². The van der Waals surface area contributed by atoms with Crippen LogP contribution < -0.4 is 0 Å². The summed E-state index contributed by atoms with van der Waals surface area (Å²) >= 11 is 0. The van der Waals surface area contributed by atoms with Gasteiger partial charge < -0.3 is 0 Å². The van der Waals surface area contributed by atoms with Crippen molar-refractivity contribution < 1.29 is 0 Å². The molecule has 1 rings (SSSR count). The van der Waals surface area contributed by atoms with Crippen LogP contribution in [-0.4, -0.2) is 6.21 Å². The second kappa shape index (κ2) is 2.62. The average Bonchev–Trinajstić information content (AvgIpc) is 1.93. The van der Waals surface area contributed by atoms with Crippen molar-refractivity contribution in [1.29, 1.82) is 0 Å². The maximum atomic E-state index is 4.12. The number of allylic oxidation sites excluding steroid dienone is 4. The number of rotatable bonds is 0. The van der Waals surface area contributed by atoms with Gasteiger partial charge in [-0.1, -0.05) is 19.1 Å². The molecule has 0 bridgehead atoms. The lowest BCUT2D eigenvalue weighted by atomic mass is 10.1. The van der Waals surface area contributed by atoms with Crippen LogP contribution in [0.15, 0.2) is 28.9 Å². The monoisotopic (exact) mass is 121 g/mol. The molecule has 0 amide bonds. The highest BCUT2D eigenvalue weighted by atomic mass is 14.7. The molecule has 0 aromatic rings. The van der Waals surface area contributed by atoms with Gasteiger partial charge in [-0.3, -0.25) is 4.99 Å². The molecule has 1 nitrogen and oxygen atoms in total. The highest BCUT2D eigenvalue weighted by molar-refractivity contribution is 5.72. The van der Waals surface area contributed by atoms with E-state index in [1.165, 1.54) is 0 Å². The Balaban J connectivity index is 2.77. The molecule has 1 aliphatic heterocycles. The summed E-state index contributed by atoms with van der Waals surface area (Å²) in [6, 6.07) is 0. The van der Waals surface area contributed by atoms with Crippen LogP contribution in [-0.2, 0) is 0 Å². The van der Waals surface area contributed by atoms with Crippen LogP contribution in [0.3, 0.4) is 0 Å². The van der Waals surface area contributed by atoms with E-state index in [2.05, 4.69) is 24.1 Å². The molecule has 0 radical (unpaired) electrons. The van der Waals surface area contributed by atoms with E-state index in [9.17, 15) is 0 Å². The van der Waals surface area contributed by atoms with Crippen LogP contribution in [0.2, 0.25) is 0 Å². The predicted octanol–water partition coefficient (Wildman–Crippen LogP) is 2.17. The average molecular weight is 121 g/mol. The fourth-order valence-corrected chi connectivity index (χ4v) is 0.865. The minimum absolute atomic E-state index is 0.535. The first-order valence-electron chi connectivity index (χ1n) is 3.18. The van der Waals surface area contributed by atoms with E-state index in [1.807, 2.05) is 19.2 Å². The zero-order valence-corrected chi connectivity index (χ0v) is 5.83. The van der Waals surface area contributed by atoms with E-state index in [4.69, 9.17) is 0 Å². The molecule has 1 atom stereocenters. The summed E-state index contributed by atoms with van der Waals surface area (Å²) in [5, 5.41) is 0. The Morgan fingerprint density at radius 3 is 3.11 bits per heavy atom. The summed E-state index contributed by atoms with van der Waals surface area (Å²) in [6.07, 6.45) is 8.08. The molecule has 0 N–H and O–H groups in total. The van der Waals surface area contributed by atoms with Crippen LogP contribution in [0.4, 0.5) is 0 Å². The molecular weight excluding hydrogens is 110 g/mol. The molecule has 1 heteroatoms. The zero-order valence-electron chi connectivity index (χ0n) is 5.83. The van der Waals surface area contributed by atoms with Crippen molar-refractivity contribution in [2.24, 2.45) is 10.9 Å². The van der Waals surface area contributed by atoms with Crippen LogP contribution in [0.25, 0.3) is 0 Å². The third-order valence-electron chi connectivity index (χ3n) is 1.28. The zero-order chi connectivity index (χ0) is 6.69. The Morgan fingerprint density at radius 1 is 1.56 bits per heavy atom. The molecule has 48 valence electrons. The molecule has 0 spiro atoms. The summed E-state index contributed by atoms with van der Waals surface area (Å²) < 4.78 is 0. The topological polar surface area (TPSA) is 12.4 Å². The first-order valence-corrected chi connectivity index (χ1v) is 3.18. The van der Waals surface area contributed by atoms with Gasteiger partial charge in [0.25, 0.3) is 0 Å². The molecule has 0 saturated carbocycles. The molecule has 0 aliphatic carbocycles. The van der Waals surface area contributed by atoms with Crippen LogP contribution in [0, 0.1) is 5.92 Å². The van der Waals surface area contributed by atoms with Crippen molar-refractivity contribution in [3.63, 3.8) is 0 Å². The molecule has 1 aliphatic rings. The van der Waals surface area contributed by atoms with E-state index in [-0.39, 0.29) is 0 Å². The Kier molecular flexibility index (Phi) is 1.83. The lowest BCUT2D eigenvalue weighted by Crippen LogP contribution is -1.80. The maximum Gasteiger partial charge on any atom is 0.0338 e. The summed E-state index contributed by atoms with van der Waals surface area (Å²) in [7, 11) is 0. The van der Waals surface area contributed by atoms with Gasteiger partial charge in [0, 0.05) is 11.9 Å². The van der Waals surface area contributed by atoms with Crippen LogP contribution in [0.5, 0.6) is 0 Å². The fourth-order valence-electron chi connectivity index (χ4n) is 0.865. The van der Waals surface area contributed by atoms with E-state index in [0.717, 1.165) is 5.70 Å². The first-order chi connectivity index (χ1) is 4.29. The standard InChI is InChI=1S/C8H11N/c1-7-4-3-5-9-8(2)6-7/h3-7H,1-2H3/t7-/m1/s1. The lowest BCUT2D eigenvalue weighted by Gasteiger charge is -1.94. The summed E-state index contributed by atoms with van der Waals surface area (Å²) in [4.78, 5) is 4.12. The van der Waals surface area contributed by atoms with E-state index >= 15 is 0 Å². The van der Waals surface area contributed by atoms with Gasteiger partial charge in [0.2, 0.25) is 0 Å². The highest BCUT2D eigenvalue weighted by Gasteiger charge is 1.93. The predicted molar refractivity (Wildman–Crippen MR) is 40.6 cm³/mol. The molecule has 0 unspecified atom stereocenters. The molecular formula is C8H11N. The number of hydrogen-bond acceptors (Lipinski definition) is 1. The van der Waals surface area contributed by atoms with Crippen LogP contribution >= 0.6 is 0 Å². The van der Waals surface area contributed by atoms with Gasteiger partial charge in [-0.25, -0.2) is 0 Å². The summed E-state index contributed by atoms with van der Waals surface area (Å²) in [6.45, 7) is 4.16. The summed E-state index contributed by atoms with van der Waals surface area (Å²) in [5.74, 6) is 0.535. The largest absolute Gasteiger partial charge is 0.262 e. The second-order valence-corrected chi connectivity index (χ2v) is 2.33.